The number of ether oxygens (including phenoxy) is 4. The Labute approximate surface area is 276 Å². The average Bonchev–Trinajstić information content (AvgIpc) is 3.00. The standard InChI is InChI=1S/C31H31Br2FN4O7/c1-4-43-25-13-20(28-27(30(40)42-3)17(2)36-31(41)37-28)7-10-24(25)44-16-26(39)38-35-14-19-11-22(32)29(23(33)12-19)45-15-18-5-8-21(34)9-6-18/h5-14,26,28,38-39H,4,15-16H2,1-3H3,(H2,36,37,41)/b35-14-/t26-,28+/m0/s1. The van der Waals surface area contributed by atoms with Gasteiger partial charge in [-0.1, -0.05) is 18.2 Å². The van der Waals surface area contributed by atoms with E-state index >= 15 is 0 Å². The minimum absolute atomic E-state index is 0.170. The number of hydrogen-bond acceptors (Lipinski definition) is 9. The normalized spacial score (nSPS) is 15.3. The van der Waals surface area contributed by atoms with Crippen molar-refractivity contribution < 1.29 is 38.0 Å². The first-order valence-corrected chi connectivity index (χ1v) is 15.3. The van der Waals surface area contributed by atoms with E-state index in [1.54, 1.807) is 56.3 Å². The average molecular weight is 750 g/mol. The molecule has 0 aliphatic carbocycles. The second-order valence-electron chi connectivity index (χ2n) is 9.64. The summed E-state index contributed by atoms with van der Waals surface area (Å²) in [6.07, 6.45) is 0.353. The van der Waals surface area contributed by atoms with Gasteiger partial charge in [-0.05, 0) is 98.8 Å². The Morgan fingerprint density at radius 3 is 2.47 bits per heavy atom. The number of carbonyl (C=O) groups excluding carboxylic acids is 2. The Bertz CT molecular complexity index is 1580. The number of methoxy groups -OCH3 is 1. The van der Waals surface area contributed by atoms with E-state index in [-0.39, 0.29) is 24.6 Å². The molecule has 1 aliphatic heterocycles. The zero-order valence-electron chi connectivity index (χ0n) is 24.5. The third-order valence-corrected chi connectivity index (χ3v) is 7.60. The van der Waals surface area contributed by atoms with Crippen molar-refractivity contribution >= 4 is 50.1 Å². The molecule has 1 heterocycles. The molecule has 2 amide bonds. The van der Waals surface area contributed by atoms with Gasteiger partial charge in [-0.3, -0.25) is 5.43 Å². The summed E-state index contributed by atoms with van der Waals surface area (Å²) in [5.41, 5.74) is 5.36. The number of urea groups is 1. The summed E-state index contributed by atoms with van der Waals surface area (Å²) in [4.78, 5) is 24.6. The second-order valence-corrected chi connectivity index (χ2v) is 11.4. The number of hydrogen-bond donors (Lipinski definition) is 4. The van der Waals surface area contributed by atoms with E-state index in [0.29, 0.717) is 49.6 Å². The van der Waals surface area contributed by atoms with Crippen LogP contribution in [0.3, 0.4) is 0 Å². The number of rotatable bonds is 13. The summed E-state index contributed by atoms with van der Waals surface area (Å²) >= 11 is 6.99. The number of halogens is 3. The summed E-state index contributed by atoms with van der Waals surface area (Å²) < 4.78 is 36.8. The molecule has 14 heteroatoms. The van der Waals surface area contributed by atoms with Gasteiger partial charge < -0.3 is 34.7 Å². The fraction of sp³-hybridized carbons (Fsp3) is 0.258. The van der Waals surface area contributed by atoms with Gasteiger partial charge >= 0.3 is 12.0 Å². The molecule has 0 radical (unpaired) electrons. The molecule has 0 aromatic heterocycles. The zero-order valence-corrected chi connectivity index (χ0v) is 27.7. The lowest BCUT2D eigenvalue weighted by Gasteiger charge is -2.28. The Kier molecular flexibility index (Phi) is 11.8. The van der Waals surface area contributed by atoms with Gasteiger partial charge in [0.15, 0.2) is 17.7 Å². The Balaban J connectivity index is 1.37. The van der Waals surface area contributed by atoms with Crippen LogP contribution in [0.2, 0.25) is 0 Å². The number of benzene rings is 3. The summed E-state index contributed by atoms with van der Waals surface area (Å²) in [6, 6.07) is 13.4. The molecule has 0 saturated carbocycles. The molecule has 0 fully saturated rings. The minimum Gasteiger partial charge on any atom is -0.490 e. The molecule has 0 unspecified atom stereocenters. The van der Waals surface area contributed by atoms with Crippen LogP contribution in [-0.4, -0.2) is 49.9 Å². The molecular weight excluding hydrogens is 719 g/mol. The highest BCUT2D eigenvalue weighted by Crippen LogP contribution is 2.36. The fourth-order valence-corrected chi connectivity index (χ4v) is 5.80. The molecule has 0 saturated heterocycles. The van der Waals surface area contributed by atoms with Crippen LogP contribution in [0.15, 0.2) is 79.9 Å². The van der Waals surface area contributed by atoms with Crippen LogP contribution in [0.1, 0.15) is 36.6 Å². The summed E-state index contributed by atoms with van der Waals surface area (Å²) in [5, 5.41) is 19.8. The van der Waals surface area contributed by atoms with Crippen LogP contribution in [0, 0.1) is 5.82 Å². The van der Waals surface area contributed by atoms with Crippen LogP contribution in [-0.2, 0) is 16.1 Å². The molecule has 1 aliphatic rings. The maximum Gasteiger partial charge on any atom is 0.337 e. The van der Waals surface area contributed by atoms with Crippen molar-refractivity contribution in [3.05, 3.63) is 97.3 Å². The summed E-state index contributed by atoms with van der Waals surface area (Å²) in [5.74, 6) is 0.383. The molecule has 4 N–H and O–H groups in total. The predicted molar refractivity (Wildman–Crippen MR) is 172 cm³/mol. The zero-order chi connectivity index (χ0) is 32.5. The smallest absolute Gasteiger partial charge is 0.337 e. The molecule has 0 bridgehead atoms. The van der Waals surface area contributed by atoms with E-state index < -0.39 is 24.3 Å². The van der Waals surface area contributed by atoms with E-state index in [1.165, 1.54) is 25.5 Å². The maximum atomic E-state index is 13.1. The molecule has 45 heavy (non-hydrogen) atoms. The van der Waals surface area contributed by atoms with Crippen molar-refractivity contribution in [3.8, 4) is 17.2 Å². The van der Waals surface area contributed by atoms with Crippen molar-refractivity contribution in [1.29, 1.82) is 0 Å². The van der Waals surface area contributed by atoms with Gasteiger partial charge in [0.05, 0.1) is 40.5 Å². The van der Waals surface area contributed by atoms with Crippen molar-refractivity contribution in [1.82, 2.24) is 16.1 Å². The van der Waals surface area contributed by atoms with Crippen LogP contribution in [0.5, 0.6) is 17.2 Å². The number of aliphatic hydroxyl groups is 1. The largest absolute Gasteiger partial charge is 0.490 e. The number of amides is 2. The van der Waals surface area contributed by atoms with Crippen LogP contribution in [0.25, 0.3) is 0 Å². The van der Waals surface area contributed by atoms with Crippen molar-refractivity contribution in [2.24, 2.45) is 5.10 Å². The third-order valence-electron chi connectivity index (χ3n) is 6.43. The summed E-state index contributed by atoms with van der Waals surface area (Å²) in [6.45, 7) is 3.83. The van der Waals surface area contributed by atoms with E-state index in [4.69, 9.17) is 18.9 Å². The lowest BCUT2D eigenvalue weighted by molar-refractivity contribution is -0.136. The highest BCUT2D eigenvalue weighted by atomic mass is 79.9. The highest BCUT2D eigenvalue weighted by Gasteiger charge is 2.32. The quantitative estimate of drug-likeness (QED) is 0.0784. The van der Waals surface area contributed by atoms with Gasteiger partial charge in [-0.2, -0.15) is 5.10 Å². The van der Waals surface area contributed by atoms with Crippen molar-refractivity contribution in [2.45, 2.75) is 32.7 Å². The molecule has 3 aromatic rings. The van der Waals surface area contributed by atoms with Gasteiger partial charge in [0.1, 0.15) is 24.8 Å². The number of esters is 1. The van der Waals surface area contributed by atoms with Crippen molar-refractivity contribution in [2.75, 3.05) is 20.3 Å². The minimum atomic E-state index is -1.17. The van der Waals surface area contributed by atoms with Crippen LogP contribution >= 0.6 is 31.9 Å². The van der Waals surface area contributed by atoms with Gasteiger partial charge in [0.2, 0.25) is 0 Å². The lowest BCUT2D eigenvalue weighted by Crippen LogP contribution is -2.45. The second kappa shape index (κ2) is 15.7. The van der Waals surface area contributed by atoms with E-state index in [2.05, 4.69) is 53.0 Å². The van der Waals surface area contributed by atoms with Gasteiger partial charge in [-0.15, -0.1) is 0 Å². The van der Waals surface area contributed by atoms with E-state index in [9.17, 15) is 19.1 Å². The number of hydrazone groups is 1. The molecule has 2 atom stereocenters. The molecule has 4 rings (SSSR count). The van der Waals surface area contributed by atoms with Crippen LogP contribution < -0.4 is 30.3 Å². The number of nitrogens with one attached hydrogen (secondary N) is 3. The molecule has 11 nitrogen and oxygen atoms in total. The SMILES string of the molecule is CCOc1cc([C@H]2NC(=O)NC(C)=C2C(=O)OC)ccc1OC[C@H](O)N/N=C\c1cc(Br)c(OCc2ccc(F)cc2)c(Br)c1. The number of allylic oxidation sites excluding steroid dienone is 1. The number of aliphatic hydroxyl groups excluding tert-OH is 1. The van der Waals surface area contributed by atoms with Crippen LogP contribution in [0.4, 0.5) is 9.18 Å². The monoisotopic (exact) mass is 748 g/mol. The van der Waals surface area contributed by atoms with Gasteiger partial charge in [0.25, 0.3) is 0 Å². The maximum absolute atomic E-state index is 13.1. The molecule has 238 valence electrons. The number of nitrogens with zero attached hydrogens (tertiary/aromatic N) is 1. The Morgan fingerprint density at radius 2 is 1.80 bits per heavy atom. The number of carbonyl (C=O) groups is 2. The van der Waals surface area contributed by atoms with Crippen molar-refractivity contribution in [3.63, 3.8) is 0 Å². The lowest BCUT2D eigenvalue weighted by atomic mass is 9.95. The molecule has 3 aromatic carbocycles. The first-order chi connectivity index (χ1) is 21.6. The Hall–Kier alpha value is -4.14. The van der Waals surface area contributed by atoms with E-state index in [1.807, 2.05) is 0 Å². The third kappa shape index (κ3) is 8.96. The fourth-order valence-electron chi connectivity index (χ4n) is 4.35. The summed E-state index contributed by atoms with van der Waals surface area (Å²) in [7, 11) is 1.27. The predicted octanol–water partition coefficient (Wildman–Crippen LogP) is 5.45. The molecular formula is C31H31Br2FN4O7. The molecule has 0 spiro atoms. The topological polar surface area (TPSA) is 140 Å². The van der Waals surface area contributed by atoms with Gasteiger partial charge in [-0.25, -0.2) is 14.0 Å². The highest BCUT2D eigenvalue weighted by molar-refractivity contribution is 9.11. The first kappa shape index (κ1) is 33.7. The first-order valence-electron chi connectivity index (χ1n) is 13.7. The van der Waals surface area contributed by atoms with Gasteiger partial charge in [0, 0.05) is 5.70 Å². The van der Waals surface area contributed by atoms with E-state index in [0.717, 1.165) is 5.56 Å². The Morgan fingerprint density at radius 1 is 1.09 bits per heavy atom.